The summed E-state index contributed by atoms with van der Waals surface area (Å²) in [6.45, 7) is 0.300. The van der Waals surface area contributed by atoms with Crippen LogP contribution in [0.5, 0.6) is 0 Å². The van der Waals surface area contributed by atoms with Crippen molar-refractivity contribution in [2.24, 2.45) is 0 Å². The van der Waals surface area contributed by atoms with Gasteiger partial charge in [-0.15, -0.1) is 0 Å². The van der Waals surface area contributed by atoms with Crippen LogP contribution in [0.15, 0.2) is 48.7 Å². The average molecular weight is 335 g/mol. The second-order valence-electron chi connectivity index (χ2n) is 5.08. The van der Waals surface area contributed by atoms with Crippen LogP contribution in [0.25, 0.3) is 0 Å². The lowest BCUT2D eigenvalue weighted by Crippen LogP contribution is -2.30. The zero-order valence-corrected chi connectivity index (χ0v) is 13.4. The van der Waals surface area contributed by atoms with Gasteiger partial charge in [0.05, 0.1) is 10.7 Å². The van der Waals surface area contributed by atoms with E-state index in [2.05, 4.69) is 4.98 Å². The van der Waals surface area contributed by atoms with Gasteiger partial charge in [0.2, 0.25) is 10.0 Å². The van der Waals surface area contributed by atoms with Gasteiger partial charge in [0, 0.05) is 44.0 Å². The molecule has 0 aliphatic rings. The average Bonchev–Trinajstić information content (AvgIpc) is 2.53. The van der Waals surface area contributed by atoms with Crippen molar-refractivity contribution in [2.45, 2.75) is 12.2 Å². The van der Waals surface area contributed by atoms with Crippen LogP contribution in [-0.4, -0.2) is 36.2 Å². The van der Waals surface area contributed by atoms with Gasteiger partial charge in [-0.3, -0.25) is 15.1 Å². The number of sulfonamides is 1. The summed E-state index contributed by atoms with van der Waals surface area (Å²) in [5, 5.41) is 10.8. The molecule has 0 radical (unpaired) electrons. The van der Waals surface area contributed by atoms with E-state index in [1.807, 2.05) is 12.1 Å². The van der Waals surface area contributed by atoms with Crippen LogP contribution < -0.4 is 0 Å². The molecule has 7 nitrogen and oxygen atoms in total. The maximum Gasteiger partial charge on any atom is 0.269 e. The fraction of sp³-hybridized carbons (Fsp3) is 0.267. The Kier molecular flexibility index (Phi) is 5.41. The monoisotopic (exact) mass is 335 g/mol. The van der Waals surface area contributed by atoms with Gasteiger partial charge in [-0.05, 0) is 17.7 Å². The van der Waals surface area contributed by atoms with Crippen LogP contribution in [0, 0.1) is 10.1 Å². The zero-order valence-electron chi connectivity index (χ0n) is 12.6. The number of benzene rings is 1. The molecule has 1 aromatic carbocycles. The van der Waals surface area contributed by atoms with E-state index in [-0.39, 0.29) is 11.4 Å². The molecule has 0 unspecified atom stereocenters. The molecule has 122 valence electrons. The Morgan fingerprint density at radius 2 is 2.00 bits per heavy atom. The van der Waals surface area contributed by atoms with E-state index in [0.29, 0.717) is 18.5 Å². The number of aromatic nitrogens is 1. The summed E-state index contributed by atoms with van der Waals surface area (Å²) in [4.78, 5) is 14.4. The maximum atomic E-state index is 12.3. The lowest BCUT2D eigenvalue weighted by molar-refractivity contribution is -0.384. The highest BCUT2D eigenvalue weighted by atomic mass is 32.2. The van der Waals surface area contributed by atoms with E-state index in [1.54, 1.807) is 18.3 Å². The van der Waals surface area contributed by atoms with Crippen LogP contribution in [0.2, 0.25) is 0 Å². The fourth-order valence-electron chi connectivity index (χ4n) is 2.04. The molecule has 0 aliphatic heterocycles. The highest BCUT2D eigenvalue weighted by molar-refractivity contribution is 7.88. The predicted octanol–water partition coefficient (Wildman–Crippen LogP) is 1.99. The number of hydrogen-bond donors (Lipinski definition) is 0. The van der Waals surface area contributed by atoms with E-state index < -0.39 is 14.9 Å². The molecular formula is C15H17N3O4S. The molecule has 0 spiro atoms. The molecule has 0 amide bonds. The second-order valence-corrected chi connectivity index (χ2v) is 7.15. The molecule has 0 bridgehead atoms. The zero-order chi connectivity index (χ0) is 16.9. The Balaban J connectivity index is 2.03. The van der Waals surface area contributed by atoms with E-state index in [1.165, 1.54) is 29.6 Å². The number of nitro groups is 1. The Hall–Kier alpha value is -2.32. The van der Waals surface area contributed by atoms with Gasteiger partial charge in [-0.1, -0.05) is 18.2 Å². The van der Waals surface area contributed by atoms with E-state index in [4.69, 9.17) is 0 Å². The summed E-state index contributed by atoms with van der Waals surface area (Å²) in [6, 6.07) is 11.1. The first kappa shape index (κ1) is 17.0. The first-order chi connectivity index (χ1) is 10.9. The number of nitro benzene ring substituents is 1. The number of likely N-dealkylation sites (N-methyl/N-ethyl adjacent to an activating group) is 1. The third-order valence-corrected chi connectivity index (χ3v) is 5.18. The molecule has 1 heterocycles. The van der Waals surface area contributed by atoms with E-state index >= 15 is 0 Å². The van der Waals surface area contributed by atoms with Gasteiger partial charge in [0.15, 0.2) is 0 Å². The topological polar surface area (TPSA) is 93.4 Å². The molecule has 0 saturated carbocycles. The molecular weight excluding hydrogens is 318 g/mol. The van der Waals surface area contributed by atoms with Crippen molar-refractivity contribution >= 4 is 15.7 Å². The van der Waals surface area contributed by atoms with Crippen LogP contribution >= 0.6 is 0 Å². The van der Waals surface area contributed by atoms with Crippen LogP contribution in [0.3, 0.4) is 0 Å². The highest BCUT2D eigenvalue weighted by Crippen LogP contribution is 2.16. The molecule has 0 N–H and O–H groups in total. The molecule has 2 rings (SSSR count). The molecule has 8 heteroatoms. The summed E-state index contributed by atoms with van der Waals surface area (Å²) in [7, 11) is -2.05. The van der Waals surface area contributed by atoms with Crippen molar-refractivity contribution < 1.29 is 13.3 Å². The minimum atomic E-state index is -3.54. The van der Waals surface area contributed by atoms with Crippen LogP contribution in [0.1, 0.15) is 11.3 Å². The molecule has 0 aliphatic carbocycles. The smallest absolute Gasteiger partial charge is 0.261 e. The Morgan fingerprint density at radius 1 is 1.22 bits per heavy atom. The Bertz CT molecular complexity index is 778. The summed E-state index contributed by atoms with van der Waals surface area (Å²) in [5.41, 5.74) is 1.09. The molecule has 23 heavy (non-hydrogen) atoms. The van der Waals surface area contributed by atoms with Crippen molar-refractivity contribution in [1.29, 1.82) is 0 Å². The molecule has 0 atom stereocenters. The molecule has 0 fully saturated rings. The Morgan fingerprint density at radius 3 is 2.65 bits per heavy atom. The number of non-ortho nitro benzene ring substituents is 1. The van der Waals surface area contributed by atoms with E-state index in [9.17, 15) is 18.5 Å². The minimum Gasteiger partial charge on any atom is -0.261 e. The van der Waals surface area contributed by atoms with E-state index in [0.717, 1.165) is 5.69 Å². The van der Waals surface area contributed by atoms with Crippen molar-refractivity contribution in [1.82, 2.24) is 9.29 Å². The summed E-state index contributed by atoms with van der Waals surface area (Å²) in [6.07, 6.45) is 2.17. The van der Waals surface area contributed by atoms with Gasteiger partial charge in [-0.2, -0.15) is 0 Å². The summed E-state index contributed by atoms with van der Waals surface area (Å²) < 4.78 is 25.9. The van der Waals surface area contributed by atoms with Crippen molar-refractivity contribution in [3.8, 4) is 0 Å². The number of pyridine rings is 1. The standard InChI is InChI=1S/C15H17N3O4S/c1-17(10-8-14-6-2-3-9-16-14)23(21,22)12-13-5-4-7-15(11-13)18(19)20/h2-7,9,11H,8,10,12H2,1H3. The third kappa shape index (κ3) is 4.83. The second kappa shape index (κ2) is 7.30. The van der Waals surface area contributed by atoms with Gasteiger partial charge < -0.3 is 0 Å². The number of hydrogen-bond acceptors (Lipinski definition) is 5. The van der Waals surface area contributed by atoms with Gasteiger partial charge in [0.25, 0.3) is 5.69 Å². The minimum absolute atomic E-state index is 0.117. The van der Waals surface area contributed by atoms with Gasteiger partial charge in [0.1, 0.15) is 0 Å². The number of rotatable bonds is 7. The quantitative estimate of drug-likeness (QED) is 0.570. The van der Waals surface area contributed by atoms with Crippen LogP contribution in [0.4, 0.5) is 5.69 Å². The summed E-state index contributed by atoms with van der Waals surface area (Å²) >= 11 is 0. The molecule has 1 aromatic heterocycles. The largest absolute Gasteiger partial charge is 0.269 e. The maximum absolute atomic E-state index is 12.3. The first-order valence-corrected chi connectivity index (χ1v) is 8.56. The Labute approximate surface area is 134 Å². The number of nitrogens with zero attached hydrogens (tertiary/aromatic N) is 3. The molecule has 0 saturated heterocycles. The predicted molar refractivity (Wildman–Crippen MR) is 86.3 cm³/mol. The third-order valence-electron chi connectivity index (χ3n) is 3.35. The molecule has 2 aromatic rings. The first-order valence-electron chi connectivity index (χ1n) is 6.96. The van der Waals surface area contributed by atoms with Crippen molar-refractivity contribution in [2.75, 3.05) is 13.6 Å². The summed E-state index contributed by atoms with van der Waals surface area (Å²) in [5.74, 6) is -0.270. The van der Waals surface area contributed by atoms with Crippen LogP contribution in [-0.2, 0) is 22.2 Å². The van der Waals surface area contributed by atoms with Gasteiger partial charge in [-0.25, -0.2) is 12.7 Å². The lowest BCUT2D eigenvalue weighted by atomic mass is 10.2. The normalized spacial score (nSPS) is 11.6. The SMILES string of the molecule is CN(CCc1ccccn1)S(=O)(=O)Cc1cccc([N+](=O)[O-])c1. The highest BCUT2D eigenvalue weighted by Gasteiger charge is 2.19. The van der Waals surface area contributed by atoms with Crippen molar-refractivity contribution in [3.63, 3.8) is 0 Å². The fourth-order valence-corrected chi connectivity index (χ4v) is 3.23. The van der Waals surface area contributed by atoms with Crippen molar-refractivity contribution in [3.05, 3.63) is 70.0 Å². The van der Waals surface area contributed by atoms with Gasteiger partial charge >= 0.3 is 0 Å². The lowest BCUT2D eigenvalue weighted by Gasteiger charge is -2.17.